The normalized spacial score (nSPS) is 34.5. The van der Waals surface area contributed by atoms with Gasteiger partial charge in [-0.2, -0.15) is 0 Å². The second-order valence-electron chi connectivity index (χ2n) is 9.68. The number of urea groups is 1. The molecule has 35 heavy (non-hydrogen) atoms. The molecule has 1 aromatic carbocycles. The van der Waals surface area contributed by atoms with Gasteiger partial charge in [0.15, 0.2) is 11.6 Å². The van der Waals surface area contributed by atoms with E-state index in [1.807, 2.05) is 6.92 Å². The van der Waals surface area contributed by atoms with E-state index >= 15 is 4.39 Å². The van der Waals surface area contributed by atoms with E-state index in [0.717, 1.165) is 0 Å². The van der Waals surface area contributed by atoms with E-state index in [1.165, 1.54) is 4.90 Å². The lowest BCUT2D eigenvalue weighted by atomic mass is 9.66. The van der Waals surface area contributed by atoms with Crippen molar-refractivity contribution in [2.75, 3.05) is 22.9 Å². The number of nitrogens with zero attached hydrogens (tertiary/aromatic N) is 3. The fourth-order valence-electron chi connectivity index (χ4n) is 6.07. The van der Waals surface area contributed by atoms with Gasteiger partial charge in [0, 0.05) is 6.54 Å². The van der Waals surface area contributed by atoms with Crippen LogP contribution in [0.3, 0.4) is 0 Å². The number of fused-ring (bicyclic) bond motifs is 5. The lowest BCUT2D eigenvalue weighted by Gasteiger charge is -2.57. The number of amides is 4. The summed E-state index contributed by atoms with van der Waals surface area (Å²) in [6, 6.07) is 0.0214. The first kappa shape index (κ1) is 22.0. The van der Waals surface area contributed by atoms with Gasteiger partial charge in [0.1, 0.15) is 17.7 Å². The minimum atomic E-state index is -1.56. The number of hydrogen-bond donors (Lipinski definition) is 3. The average molecular weight is 489 g/mol. The molecule has 4 amide bonds. The summed E-state index contributed by atoms with van der Waals surface area (Å²) in [6.45, 7) is 5.76. The zero-order chi connectivity index (χ0) is 24.8. The molecule has 0 saturated carbocycles. The zero-order valence-corrected chi connectivity index (χ0v) is 19.2. The standard InChI is InChI=1S/C22H24FN5O7/c1-8-6-27-14-11(5-22(16(27)10(3)33-8)18(29)24-20(31)25-19(22)30)4-12-15(13(14)23)35-26-17(12)28-7-9(2)34-21(28)32/h4,8-10,16,18,29H,5-7H2,1-3H3,(H2,24,25,30,31). The number of benzene rings is 1. The molecule has 6 unspecified atom stereocenters. The van der Waals surface area contributed by atoms with Crippen LogP contribution in [0.1, 0.15) is 26.3 Å². The van der Waals surface area contributed by atoms with Crippen LogP contribution in [0.5, 0.6) is 0 Å². The number of ether oxygens (including phenoxy) is 2. The highest BCUT2D eigenvalue weighted by Crippen LogP contribution is 2.50. The number of aromatic nitrogens is 1. The Kier molecular flexibility index (Phi) is 4.58. The summed E-state index contributed by atoms with van der Waals surface area (Å²) < 4.78 is 32.6. The second-order valence-corrected chi connectivity index (χ2v) is 9.68. The molecule has 0 bridgehead atoms. The van der Waals surface area contributed by atoms with Gasteiger partial charge in [-0.05, 0) is 38.8 Å². The van der Waals surface area contributed by atoms with Gasteiger partial charge in [-0.25, -0.2) is 14.0 Å². The molecule has 4 aliphatic heterocycles. The Labute approximate surface area is 198 Å². The molecule has 6 atom stereocenters. The first-order chi connectivity index (χ1) is 16.6. The van der Waals surface area contributed by atoms with Gasteiger partial charge in [-0.15, -0.1) is 0 Å². The summed E-state index contributed by atoms with van der Waals surface area (Å²) in [5.74, 6) is -1.26. The van der Waals surface area contributed by atoms with E-state index in [9.17, 15) is 19.5 Å². The topological polar surface area (TPSA) is 146 Å². The van der Waals surface area contributed by atoms with Crippen molar-refractivity contribution in [2.24, 2.45) is 5.41 Å². The summed E-state index contributed by atoms with van der Waals surface area (Å²) in [4.78, 5) is 40.5. The van der Waals surface area contributed by atoms with Crippen molar-refractivity contribution in [1.82, 2.24) is 15.8 Å². The van der Waals surface area contributed by atoms with Gasteiger partial charge < -0.3 is 29.3 Å². The van der Waals surface area contributed by atoms with Crippen LogP contribution in [0.4, 0.5) is 25.5 Å². The largest absolute Gasteiger partial charge is 0.444 e. The maximum Gasteiger partial charge on any atom is 0.416 e. The highest BCUT2D eigenvalue weighted by atomic mass is 19.1. The van der Waals surface area contributed by atoms with Crippen LogP contribution >= 0.6 is 0 Å². The first-order valence-corrected chi connectivity index (χ1v) is 11.4. The third-order valence-corrected chi connectivity index (χ3v) is 7.34. The van der Waals surface area contributed by atoms with Gasteiger partial charge in [0.25, 0.3) is 0 Å². The van der Waals surface area contributed by atoms with Crippen LogP contribution in [-0.2, 0) is 20.7 Å². The molecule has 0 radical (unpaired) electrons. The van der Waals surface area contributed by atoms with Crippen molar-refractivity contribution in [3.05, 3.63) is 17.4 Å². The third kappa shape index (κ3) is 2.91. The monoisotopic (exact) mass is 489 g/mol. The number of aliphatic hydroxyl groups is 1. The van der Waals surface area contributed by atoms with Crippen LogP contribution in [0, 0.1) is 11.2 Å². The summed E-state index contributed by atoms with van der Waals surface area (Å²) in [5, 5.41) is 19.9. The van der Waals surface area contributed by atoms with Gasteiger partial charge in [-0.1, -0.05) is 5.16 Å². The van der Waals surface area contributed by atoms with Gasteiger partial charge >= 0.3 is 12.1 Å². The maximum absolute atomic E-state index is 16.1. The minimum Gasteiger partial charge on any atom is -0.444 e. The molecule has 1 spiro atoms. The van der Waals surface area contributed by atoms with Crippen LogP contribution in [0.25, 0.3) is 11.0 Å². The number of carbonyl (C=O) groups is 3. The van der Waals surface area contributed by atoms with E-state index in [-0.39, 0.29) is 54.2 Å². The summed E-state index contributed by atoms with van der Waals surface area (Å²) >= 11 is 0. The van der Waals surface area contributed by atoms with Crippen molar-refractivity contribution in [3.8, 4) is 0 Å². The molecule has 186 valence electrons. The minimum absolute atomic E-state index is 0.100. The first-order valence-electron chi connectivity index (χ1n) is 11.4. The molecule has 13 heteroatoms. The van der Waals surface area contributed by atoms with Crippen LogP contribution in [0.15, 0.2) is 10.6 Å². The molecule has 3 saturated heterocycles. The van der Waals surface area contributed by atoms with Gasteiger partial charge in [-0.3, -0.25) is 15.0 Å². The van der Waals surface area contributed by atoms with Crippen LogP contribution in [0.2, 0.25) is 0 Å². The molecule has 12 nitrogen and oxygen atoms in total. The molecule has 3 fully saturated rings. The third-order valence-electron chi connectivity index (χ3n) is 7.34. The molecule has 6 rings (SSSR count). The van der Waals surface area contributed by atoms with E-state index < -0.39 is 47.6 Å². The number of morpholine rings is 1. The Hall–Kier alpha value is -3.45. The fraction of sp³-hybridized carbons (Fsp3) is 0.545. The van der Waals surface area contributed by atoms with Crippen molar-refractivity contribution < 1.29 is 37.9 Å². The zero-order valence-electron chi connectivity index (χ0n) is 19.2. The van der Waals surface area contributed by atoms with Gasteiger partial charge in [0.05, 0.1) is 35.9 Å². The number of rotatable bonds is 1. The Bertz CT molecular complexity index is 1280. The predicted octanol–water partition coefficient (Wildman–Crippen LogP) is 0.994. The molecule has 5 heterocycles. The lowest BCUT2D eigenvalue weighted by Crippen LogP contribution is -2.76. The van der Waals surface area contributed by atoms with E-state index in [4.69, 9.17) is 14.0 Å². The highest BCUT2D eigenvalue weighted by molar-refractivity contribution is 6.03. The van der Waals surface area contributed by atoms with Crippen molar-refractivity contribution in [1.29, 1.82) is 0 Å². The molecule has 1 aromatic heterocycles. The number of aliphatic hydroxyl groups excluding tert-OH is 1. The number of halogens is 1. The highest BCUT2D eigenvalue weighted by Gasteiger charge is 2.62. The number of cyclic esters (lactones) is 1. The smallest absolute Gasteiger partial charge is 0.416 e. The number of imide groups is 1. The second kappa shape index (κ2) is 7.28. The number of hydrogen-bond acceptors (Lipinski definition) is 9. The average Bonchev–Trinajstić information content (AvgIpc) is 3.33. The number of carbonyl (C=O) groups excluding carboxylic acids is 3. The van der Waals surface area contributed by atoms with E-state index in [0.29, 0.717) is 5.56 Å². The SMILES string of the molecule is CC1CN(c2noc3c(F)c4c(cc23)CC2(C(=O)NC(=O)NC2O)C2C(C)OC(C)CN42)C(=O)O1. The Morgan fingerprint density at radius 1 is 1.20 bits per heavy atom. The Morgan fingerprint density at radius 2 is 1.97 bits per heavy atom. The van der Waals surface area contributed by atoms with Crippen molar-refractivity contribution >= 4 is 40.5 Å². The van der Waals surface area contributed by atoms with E-state index in [1.54, 1.807) is 24.8 Å². The number of nitrogens with one attached hydrogen (secondary N) is 2. The number of anilines is 2. The predicted molar refractivity (Wildman–Crippen MR) is 117 cm³/mol. The molecule has 3 N–H and O–H groups in total. The molecular formula is C22H24FN5O7. The Balaban J connectivity index is 1.56. The van der Waals surface area contributed by atoms with E-state index in [2.05, 4.69) is 15.8 Å². The fourth-order valence-corrected chi connectivity index (χ4v) is 6.07. The van der Waals surface area contributed by atoms with Crippen molar-refractivity contribution in [3.63, 3.8) is 0 Å². The Morgan fingerprint density at radius 3 is 2.66 bits per heavy atom. The summed E-state index contributed by atoms with van der Waals surface area (Å²) in [5.41, 5.74) is -1.07. The van der Waals surface area contributed by atoms with Crippen LogP contribution in [-0.4, -0.2) is 72.0 Å². The quantitative estimate of drug-likeness (QED) is 0.534. The van der Waals surface area contributed by atoms with Gasteiger partial charge in [0.2, 0.25) is 11.5 Å². The molecule has 4 aliphatic rings. The van der Waals surface area contributed by atoms with Crippen LogP contribution < -0.4 is 20.4 Å². The van der Waals surface area contributed by atoms with Crippen molar-refractivity contribution in [2.45, 2.75) is 57.8 Å². The lowest BCUT2D eigenvalue weighted by molar-refractivity contribution is -0.155. The molecular weight excluding hydrogens is 465 g/mol. The molecule has 2 aromatic rings. The summed E-state index contributed by atoms with van der Waals surface area (Å²) in [6.07, 6.45) is -3.52. The molecule has 0 aliphatic carbocycles. The maximum atomic E-state index is 16.1. The summed E-state index contributed by atoms with van der Waals surface area (Å²) in [7, 11) is 0.